The molecule has 2 heterocycles. The molecule has 0 bridgehead atoms. The molecule has 0 amide bonds. The molecule has 0 aliphatic carbocycles. The van der Waals surface area contributed by atoms with Crippen LogP contribution in [0, 0.1) is 5.92 Å². The normalized spacial score (nSPS) is 16.1. The Kier molecular flexibility index (Phi) is 9.73. The first-order valence-electron chi connectivity index (χ1n) is 10.3. The van der Waals surface area contributed by atoms with E-state index in [1.165, 1.54) is 5.56 Å². The number of aryl methyl sites for hydroxylation is 1. The number of benzene rings is 1. The molecule has 172 valence electrons. The molecule has 1 N–H and O–H groups in total. The molecule has 31 heavy (non-hydrogen) atoms. The van der Waals surface area contributed by atoms with E-state index >= 15 is 0 Å². The zero-order chi connectivity index (χ0) is 21.5. The Labute approximate surface area is 202 Å². The smallest absolute Gasteiger partial charge is 0.193 e. The van der Waals surface area contributed by atoms with E-state index in [0.717, 1.165) is 61.9 Å². The maximum atomic E-state index is 5.55. The summed E-state index contributed by atoms with van der Waals surface area (Å²) in [6.45, 7) is 2.75. The molecule has 0 radical (unpaired) electrons. The Hall–Kier alpha value is -2.17. The van der Waals surface area contributed by atoms with E-state index in [2.05, 4.69) is 26.5 Å². The third kappa shape index (κ3) is 6.41. The number of guanidine groups is 1. The fourth-order valence-corrected chi connectivity index (χ4v) is 4.06. The van der Waals surface area contributed by atoms with Crippen LogP contribution in [0.2, 0.25) is 0 Å². The summed E-state index contributed by atoms with van der Waals surface area (Å²) < 4.78 is 18.3. The fraction of sp³-hybridized carbons (Fsp3) is 0.545. The summed E-state index contributed by atoms with van der Waals surface area (Å²) in [5.41, 5.74) is 2.31. The van der Waals surface area contributed by atoms with E-state index in [0.29, 0.717) is 11.7 Å². The van der Waals surface area contributed by atoms with E-state index in [-0.39, 0.29) is 24.0 Å². The molecule has 0 spiro atoms. The van der Waals surface area contributed by atoms with Gasteiger partial charge in [0.05, 0.1) is 27.5 Å². The highest BCUT2D eigenvalue weighted by molar-refractivity contribution is 14.0. The number of nitrogens with one attached hydrogen (secondary N) is 1. The van der Waals surface area contributed by atoms with Gasteiger partial charge in [0.15, 0.2) is 5.96 Å². The van der Waals surface area contributed by atoms with Crippen LogP contribution in [0.1, 0.15) is 17.5 Å². The van der Waals surface area contributed by atoms with Crippen molar-refractivity contribution in [2.24, 2.45) is 18.0 Å². The molecule has 0 saturated carbocycles. The summed E-state index contributed by atoms with van der Waals surface area (Å²) in [4.78, 5) is 6.83. The Balaban J connectivity index is 0.00000341. The highest BCUT2D eigenvalue weighted by Gasteiger charge is 2.25. The summed E-state index contributed by atoms with van der Waals surface area (Å²) in [7, 11) is 8.76. The van der Waals surface area contributed by atoms with Crippen LogP contribution in [0.25, 0.3) is 0 Å². The molecule has 1 aromatic heterocycles. The van der Waals surface area contributed by atoms with E-state index in [4.69, 9.17) is 14.2 Å². The van der Waals surface area contributed by atoms with Crippen molar-refractivity contribution in [1.29, 1.82) is 0 Å². The predicted molar refractivity (Wildman–Crippen MR) is 133 cm³/mol. The average Bonchev–Trinajstić information content (AvgIpc) is 3.39. The van der Waals surface area contributed by atoms with Gasteiger partial charge in [-0.1, -0.05) is 0 Å². The molecule has 1 aromatic carbocycles. The van der Waals surface area contributed by atoms with E-state index in [1.54, 1.807) is 21.3 Å². The average molecular weight is 543 g/mol. The van der Waals surface area contributed by atoms with Crippen LogP contribution in [-0.2, 0) is 19.9 Å². The zero-order valence-corrected chi connectivity index (χ0v) is 21.4. The van der Waals surface area contributed by atoms with Gasteiger partial charge in [0.1, 0.15) is 17.2 Å². The number of ether oxygens (including phenoxy) is 3. The molecule has 1 aliphatic rings. The number of halogens is 1. The monoisotopic (exact) mass is 543 g/mol. The molecule has 1 saturated heterocycles. The van der Waals surface area contributed by atoms with E-state index in [1.807, 2.05) is 37.1 Å². The van der Waals surface area contributed by atoms with Crippen LogP contribution in [0.3, 0.4) is 0 Å². The summed E-state index contributed by atoms with van der Waals surface area (Å²) in [6, 6.07) is 3.77. The number of aliphatic imine (C=N–C) groups is 1. The standard InChI is InChI=1S/C22H33N5O3.HI/c1-23-22(27-9-7-16(15-27)10-17-13-25-26(2)14-17)24-8-6-19-20(29-4)11-18(28-3)12-21(19)30-5;/h11-14,16H,6-10,15H2,1-5H3,(H,23,24);1H. The van der Waals surface area contributed by atoms with Crippen molar-refractivity contribution in [2.75, 3.05) is 48.0 Å². The summed E-state index contributed by atoms with van der Waals surface area (Å²) in [5.74, 6) is 3.80. The van der Waals surface area contributed by atoms with Gasteiger partial charge in [-0.2, -0.15) is 5.10 Å². The third-order valence-corrected chi connectivity index (χ3v) is 5.56. The van der Waals surface area contributed by atoms with Crippen molar-refractivity contribution < 1.29 is 14.2 Å². The van der Waals surface area contributed by atoms with Crippen LogP contribution in [0.15, 0.2) is 29.5 Å². The highest BCUT2D eigenvalue weighted by Crippen LogP contribution is 2.34. The first-order chi connectivity index (χ1) is 14.6. The lowest BCUT2D eigenvalue weighted by Crippen LogP contribution is -2.41. The Morgan fingerprint density at radius 3 is 2.45 bits per heavy atom. The van der Waals surface area contributed by atoms with Gasteiger partial charge >= 0.3 is 0 Å². The first-order valence-corrected chi connectivity index (χ1v) is 10.3. The molecule has 1 unspecified atom stereocenters. The summed E-state index contributed by atoms with van der Waals surface area (Å²) in [6.07, 6.45) is 7.04. The number of nitrogens with zero attached hydrogens (tertiary/aromatic N) is 4. The minimum atomic E-state index is 0. The second kappa shape index (κ2) is 12.0. The van der Waals surface area contributed by atoms with Crippen LogP contribution < -0.4 is 19.5 Å². The predicted octanol–water partition coefficient (Wildman–Crippen LogP) is 2.75. The topological polar surface area (TPSA) is 73.1 Å². The van der Waals surface area contributed by atoms with Gasteiger partial charge in [-0.15, -0.1) is 24.0 Å². The number of methoxy groups -OCH3 is 3. The highest BCUT2D eigenvalue weighted by atomic mass is 127. The number of likely N-dealkylation sites (tertiary alicyclic amines) is 1. The minimum Gasteiger partial charge on any atom is -0.496 e. The van der Waals surface area contributed by atoms with Crippen molar-refractivity contribution in [3.63, 3.8) is 0 Å². The number of rotatable bonds is 8. The molecule has 8 nitrogen and oxygen atoms in total. The van der Waals surface area contributed by atoms with E-state index in [9.17, 15) is 0 Å². The van der Waals surface area contributed by atoms with Crippen molar-refractivity contribution in [3.05, 3.63) is 35.7 Å². The van der Waals surface area contributed by atoms with Gasteiger partial charge in [0.2, 0.25) is 0 Å². The van der Waals surface area contributed by atoms with Gasteiger partial charge in [-0.25, -0.2) is 0 Å². The Morgan fingerprint density at radius 1 is 1.19 bits per heavy atom. The van der Waals surface area contributed by atoms with Crippen LogP contribution in [0.5, 0.6) is 17.2 Å². The SMILES string of the molecule is CN=C(NCCc1c(OC)cc(OC)cc1OC)N1CCC(Cc2cnn(C)c2)C1.I. The number of hydrogen-bond acceptors (Lipinski definition) is 5. The lowest BCUT2D eigenvalue weighted by Gasteiger charge is -2.22. The van der Waals surface area contributed by atoms with Gasteiger partial charge in [0.25, 0.3) is 0 Å². The van der Waals surface area contributed by atoms with Gasteiger partial charge in [-0.3, -0.25) is 9.67 Å². The van der Waals surface area contributed by atoms with Crippen LogP contribution in [0.4, 0.5) is 0 Å². The summed E-state index contributed by atoms with van der Waals surface area (Å²) in [5, 5.41) is 7.77. The van der Waals surface area contributed by atoms with Crippen LogP contribution >= 0.6 is 24.0 Å². The molecule has 9 heteroatoms. The molecule has 3 rings (SSSR count). The molecule has 1 fully saturated rings. The van der Waals surface area contributed by atoms with Crippen molar-refractivity contribution in [1.82, 2.24) is 20.0 Å². The molecular weight excluding hydrogens is 509 g/mol. The van der Waals surface area contributed by atoms with Crippen molar-refractivity contribution >= 4 is 29.9 Å². The second-order valence-corrected chi connectivity index (χ2v) is 7.56. The number of aromatic nitrogens is 2. The molecular formula is C22H34IN5O3. The van der Waals surface area contributed by atoms with Crippen molar-refractivity contribution in [3.8, 4) is 17.2 Å². The third-order valence-electron chi connectivity index (χ3n) is 5.56. The maximum absolute atomic E-state index is 5.55. The largest absolute Gasteiger partial charge is 0.496 e. The summed E-state index contributed by atoms with van der Waals surface area (Å²) >= 11 is 0. The minimum absolute atomic E-state index is 0. The molecule has 1 aliphatic heterocycles. The second-order valence-electron chi connectivity index (χ2n) is 7.56. The van der Waals surface area contributed by atoms with Gasteiger partial charge in [-0.05, 0) is 30.7 Å². The lowest BCUT2D eigenvalue weighted by molar-refractivity contribution is 0.368. The van der Waals surface area contributed by atoms with Crippen LogP contribution in [-0.4, -0.2) is 68.7 Å². The van der Waals surface area contributed by atoms with Crippen molar-refractivity contribution in [2.45, 2.75) is 19.3 Å². The molecule has 1 atom stereocenters. The van der Waals surface area contributed by atoms with Gasteiger partial charge in [0, 0.05) is 57.6 Å². The zero-order valence-electron chi connectivity index (χ0n) is 19.1. The maximum Gasteiger partial charge on any atom is 0.193 e. The van der Waals surface area contributed by atoms with Gasteiger partial charge < -0.3 is 24.4 Å². The fourth-order valence-electron chi connectivity index (χ4n) is 4.06. The quantitative estimate of drug-likeness (QED) is 0.314. The van der Waals surface area contributed by atoms with E-state index < -0.39 is 0 Å². The number of hydrogen-bond donors (Lipinski definition) is 1. The Bertz CT molecular complexity index is 846. The lowest BCUT2D eigenvalue weighted by atomic mass is 10.0. The first kappa shape index (κ1) is 25.1. The Morgan fingerprint density at radius 2 is 1.90 bits per heavy atom. The molecule has 2 aromatic rings.